The van der Waals surface area contributed by atoms with E-state index in [9.17, 15) is 0 Å². The Balaban J connectivity index is 2.27. The maximum atomic E-state index is 8.99. The molecule has 2 N–H and O–H groups in total. The van der Waals surface area contributed by atoms with E-state index in [4.69, 9.17) is 5.11 Å². The van der Waals surface area contributed by atoms with Crippen molar-refractivity contribution in [2.45, 2.75) is 19.9 Å². The molecule has 1 heterocycles. The summed E-state index contributed by atoms with van der Waals surface area (Å²) in [6, 6.07) is 7.79. The Bertz CT molecular complexity index is 479. The molecule has 0 aliphatic rings. The van der Waals surface area contributed by atoms with Crippen LogP contribution in [0, 0.1) is 6.92 Å². The van der Waals surface area contributed by atoms with Crippen molar-refractivity contribution in [3.63, 3.8) is 0 Å². The van der Waals surface area contributed by atoms with Crippen molar-refractivity contribution in [2.75, 3.05) is 11.9 Å². The Kier molecular flexibility index (Phi) is 3.34. The Morgan fingerprint density at radius 3 is 2.71 bits per heavy atom. The third-order valence-corrected chi connectivity index (χ3v) is 2.40. The zero-order valence-corrected chi connectivity index (χ0v) is 9.83. The number of aliphatic hydroxyl groups is 1. The molecular weight excluding hydrogens is 218 g/mol. The fraction of sp³-hybridized carbons (Fsp3) is 0.364. The molecule has 1 aromatic heterocycles. The van der Waals surface area contributed by atoms with E-state index in [1.807, 2.05) is 38.1 Å². The Morgan fingerprint density at radius 1 is 1.35 bits per heavy atom. The van der Waals surface area contributed by atoms with Gasteiger partial charge in [0.05, 0.1) is 12.3 Å². The van der Waals surface area contributed by atoms with Gasteiger partial charge in [-0.1, -0.05) is 22.8 Å². The summed E-state index contributed by atoms with van der Waals surface area (Å²) in [5.41, 5.74) is 2.06. The van der Waals surface area contributed by atoms with Crippen LogP contribution in [0.3, 0.4) is 0 Å². The highest BCUT2D eigenvalue weighted by Gasteiger charge is 2.10. The molecular formula is C11H15N5O. The summed E-state index contributed by atoms with van der Waals surface area (Å²) in [5.74, 6) is 0.524. The second kappa shape index (κ2) is 4.92. The van der Waals surface area contributed by atoms with Crippen LogP contribution >= 0.6 is 0 Å². The number of tetrazole rings is 1. The van der Waals surface area contributed by atoms with E-state index >= 15 is 0 Å². The molecule has 90 valence electrons. The summed E-state index contributed by atoms with van der Waals surface area (Å²) in [6.07, 6.45) is 0. The normalized spacial score (nSPS) is 12.4. The maximum absolute atomic E-state index is 8.99. The highest BCUT2D eigenvalue weighted by atomic mass is 16.3. The molecule has 0 radical (unpaired) electrons. The summed E-state index contributed by atoms with van der Waals surface area (Å²) in [4.78, 5) is 0. The van der Waals surface area contributed by atoms with Crippen LogP contribution in [0.25, 0.3) is 5.69 Å². The summed E-state index contributed by atoms with van der Waals surface area (Å²) in [5, 5.41) is 23.4. The third-order valence-electron chi connectivity index (χ3n) is 2.40. The molecule has 17 heavy (non-hydrogen) atoms. The zero-order valence-electron chi connectivity index (χ0n) is 9.83. The van der Waals surface area contributed by atoms with Gasteiger partial charge in [-0.15, -0.1) is 0 Å². The van der Waals surface area contributed by atoms with Crippen LogP contribution in [0.5, 0.6) is 0 Å². The van der Waals surface area contributed by atoms with Gasteiger partial charge in [0.25, 0.3) is 0 Å². The first-order valence-corrected chi connectivity index (χ1v) is 5.43. The second-order valence-electron chi connectivity index (χ2n) is 3.98. The Labute approximate surface area is 99.3 Å². The maximum Gasteiger partial charge on any atom is 0.248 e. The van der Waals surface area contributed by atoms with E-state index in [-0.39, 0.29) is 12.6 Å². The number of nitrogens with one attached hydrogen (secondary N) is 1. The van der Waals surface area contributed by atoms with Gasteiger partial charge in [0.2, 0.25) is 5.95 Å². The number of aromatic nitrogens is 4. The minimum absolute atomic E-state index is 0.0285. The standard InChI is InChI=1S/C11H15N5O/c1-8-3-5-10(6-4-8)16-11(13-14-15-16)12-9(2)7-17/h3-6,9,17H,7H2,1-2H3,(H,12,13,15)/t9-/m1/s1. The number of anilines is 1. The van der Waals surface area contributed by atoms with Crippen molar-refractivity contribution in [2.24, 2.45) is 0 Å². The lowest BCUT2D eigenvalue weighted by Gasteiger charge is -2.11. The molecule has 0 aliphatic heterocycles. The molecule has 0 amide bonds. The fourth-order valence-electron chi connectivity index (χ4n) is 1.40. The molecule has 0 spiro atoms. The summed E-state index contributed by atoms with van der Waals surface area (Å²) < 4.78 is 1.60. The van der Waals surface area contributed by atoms with Gasteiger partial charge >= 0.3 is 0 Å². The number of nitrogens with zero attached hydrogens (tertiary/aromatic N) is 4. The molecule has 1 atom stereocenters. The number of benzene rings is 1. The van der Waals surface area contributed by atoms with E-state index in [0.717, 1.165) is 5.69 Å². The second-order valence-corrected chi connectivity index (χ2v) is 3.98. The van der Waals surface area contributed by atoms with Crippen molar-refractivity contribution in [3.05, 3.63) is 29.8 Å². The molecule has 2 rings (SSSR count). The van der Waals surface area contributed by atoms with Crippen LogP contribution < -0.4 is 5.32 Å². The Hall–Kier alpha value is -1.95. The first-order valence-electron chi connectivity index (χ1n) is 5.43. The monoisotopic (exact) mass is 233 g/mol. The van der Waals surface area contributed by atoms with Gasteiger partial charge in [-0.3, -0.25) is 0 Å². The molecule has 6 nitrogen and oxygen atoms in total. The average molecular weight is 233 g/mol. The van der Waals surface area contributed by atoms with Gasteiger partial charge in [0, 0.05) is 6.04 Å². The van der Waals surface area contributed by atoms with Crippen LogP contribution in [-0.4, -0.2) is 38.0 Å². The lowest BCUT2D eigenvalue weighted by atomic mass is 10.2. The smallest absolute Gasteiger partial charge is 0.248 e. The molecule has 0 aliphatic carbocycles. The van der Waals surface area contributed by atoms with Gasteiger partial charge in [0.15, 0.2) is 0 Å². The molecule has 2 aromatic rings. The van der Waals surface area contributed by atoms with Gasteiger partial charge in [0.1, 0.15) is 0 Å². The lowest BCUT2D eigenvalue weighted by Crippen LogP contribution is -2.21. The average Bonchev–Trinajstić information content (AvgIpc) is 2.78. The highest BCUT2D eigenvalue weighted by Crippen LogP contribution is 2.12. The van der Waals surface area contributed by atoms with E-state index < -0.39 is 0 Å². The summed E-state index contributed by atoms with van der Waals surface area (Å²) in [7, 11) is 0. The van der Waals surface area contributed by atoms with E-state index in [0.29, 0.717) is 5.95 Å². The minimum atomic E-state index is -0.0924. The first-order chi connectivity index (χ1) is 8.20. The summed E-state index contributed by atoms with van der Waals surface area (Å²) in [6.45, 7) is 3.91. The van der Waals surface area contributed by atoms with Gasteiger partial charge in [-0.25, -0.2) is 0 Å². The van der Waals surface area contributed by atoms with Crippen molar-refractivity contribution in [1.82, 2.24) is 20.2 Å². The van der Waals surface area contributed by atoms with Crippen molar-refractivity contribution in [1.29, 1.82) is 0 Å². The summed E-state index contributed by atoms with van der Waals surface area (Å²) >= 11 is 0. The van der Waals surface area contributed by atoms with Crippen LogP contribution in [-0.2, 0) is 0 Å². The molecule has 0 unspecified atom stereocenters. The molecule has 0 fully saturated rings. The lowest BCUT2D eigenvalue weighted by molar-refractivity contribution is 0.281. The predicted octanol–water partition coefficient (Wildman–Crippen LogP) is 0.763. The number of hydrogen-bond acceptors (Lipinski definition) is 5. The molecule has 1 aromatic carbocycles. The molecule has 0 saturated heterocycles. The number of rotatable bonds is 4. The van der Waals surface area contributed by atoms with Crippen molar-refractivity contribution in [3.8, 4) is 5.69 Å². The molecule has 6 heteroatoms. The molecule has 0 saturated carbocycles. The van der Waals surface area contributed by atoms with Gasteiger partial charge in [-0.05, 0) is 36.4 Å². The highest BCUT2D eigenvalue weighted by molar-refractivity contribution is 5.40. The first kappa shape index (κ1) is 11.5. The SMILES string of the molecule is Cc1ccc(-n2nnnc2N[C@H](C)CO)cc1. The largest absolute Gasteiger partial charge is 0.394 e. The van der Waals surface area contributed by atoms with E-state index in [2.05, 4.69) is 20.8 Å². The topological polar surface area (TPSA) is 75.9 Å². The number of hydrogen-bond donors (Lipinski definition) is 2. The van der Waals surface area contributed by atoms with Crippen LogP contribution in [0.1, 0.15) is 12.5 Å². The van der Waals surface area contributed by atoms with Crippen LogP contribution in [0.4, 0.5) is 5.95 Å². The fourth-order valence-corrected chi connectivity index (χ4v) is 1.40. The predicted molar refractivity (Wildman–Crippen MR) is 64.1 cm³/mol. The number of aryl methyl sites for hydroxylation is 1. The number of aliphatic hydroxyl groups excluding tert-OH is 1. The minimum Gasteiger partial charge on any atom is -0.394 e. The van der Waals surface area contributed by atoms with Crippen molar-refractivity contribution >= 4 is 5.95 Å². The third kappa shape index (κ3) is 2.59. The van der Waals surface area contributed by atoms with E-state index in [1.54, 1.807) is 4.68 Å². The van der Waals surface area contributed by atoms with Crippen LogP contribution in [0.2, 0.25) is 0 Å². The van der Waals surface area contributed by atoms with Crippen LogP contribution in [0.15, 0.2) is 24.3 Å². The zero-order chi connectivity index (χ0) is 12.3. The van der Waals surface area contributed by atoms with Gasteiger partial charge in [-0.2, -0.15) is 4.68 Å². The van der Waals surface area contributed by atoms with E-state index in [1.165, 1.54) is 5.56 Å². The Morgan fingerprint density at radius 2 is 2.06 bits per heavy atom. The van der Waals surface area contributed by atoms with Crippen molar-refractivity contribution < 1.29 is 5.11 Å². The van der Waals surface area contributed by atoms with Gasteiger partial charge < -0.3 is 10.4 Å². The molecule has 0 bridgehead atoms. The quantitative estimate of drug-likeness (QED) is 0.815.